The fourth-order valence-corrected chi connectivity index (χ4v) is 5.43. The Hall–Kier alpha value is -5.52. The van der Waals surface area contributed by atoms with E-state index in [4.69, 9.17) is 21.1 Å². The van der Waals surface area contributed by atoms with Gasteiger partial charge in [0.1, 0.15) is 4.88 Å². The van der Waals surface area contributed by atoms with Crippen LogP contribution in [0.5, 0.6) is 11.5 Å². The van der Waals surface area contributed by atoms with Gasteiger partial charge < -0.3 is 20.1 Å². The third-order valence-corrected chi connectivity index (χ3v) is 7.80. The molecule has 3 N–H and O–H groups in total. The van der Waals surface area contributed by atoms with Crippen LogP contribution in [0.4, 0.5) is 11.4 Å². The number of ether oxygens (including phenoxy) is 2. The molecule has 0 unspecified atom stereocenters. The largest absolute Gasteiger partial charge is 0.493 e. The number of rotatable bonds is 8. The summed E-state index contributed by atoms with van der Waals surface area (Å²) in [6, 6.07) is 27.1. The van der Waals surface area contributed by atoms with Gasteiger partial charge in [-0.25, -0.2) is 10.2 Å². The Kier molecular flexibility index (Phi) is 9.28. The number of hydrogen-bond acceptors (Lipinski definition) is 8. The normalized spacial score (nSPS) is 10.8. The zero-order valence-corrected chi connectivity index (χ0v) is 24.6. The molecule has 0 aliphatic rings. The highest BCUT2D eigenvalue weighted by atomic mass is 35.5. The highest BCUT2D eigenvalue weighted by molar-refractivity contribution is 7.21. The van der Waals surface area contributed by atoms with Crippen molar-refractivity contribution in [2.45, 2.75) is 0 Å². The predicted molar refractivity (Wildman–Crippen MR) is 170 cm³/mol. The number of nitrogens with zero attached hydrogens (tertiary/aromatic N) is 1. The highest BCUT2D eigenvalue weighted by Gasteiger charge is 2.21. The molecule has 0 fully saturated rings. The van der Waals surface area contributed by atoms with Gasteiger partial charge >= 0.3 is 17.8 Å². The summed E-state index contributed by atoms with van der Waals surface area (Å²) in [4.78, 5) is 50.8. The van der Waals surface area contributed by atoms with E-state index >= 15 is 0 Å². The summed E-state index contributed by atoms with van der Waals surface area (Å²) >= 11 is 7.62. The molecule has 4 aromatic carbocycles. The van der Waals surface area contributed by atoms with Crippen molar-refractivity contribution in [1.82, 2.24) is 5.43 Å². The van der Waals surface area contributed by atoms with Crippen LogP contribution in [-0.4, -0.2) is 37.0 Å². The van der Waals surface area contributed by atoms with Crippen LogP contribution in [0.1, 0.15) is 25.6 Å². The molecule has 0 saturated heterocycles. The summed E-state index contributed by atoms with van der Waals surface area (Å²) in [6.07, 6.45) is 1.28. The lowest BCUT2D eigenvalue weighted by molar-refractivity contribution is -0.136. The molecule has 12 heteroatoms. The number of hydrazone groups is 1. The van der Waals surface area contributed by atoms with E-state index in [1.807, 2.05) is 30.3 Å². The molecular formula is C32H23ClN4O6S. The maximum Gasteiger partial charge on any atom is 0.355 e. The first-order valence-electron chi connectivity index (χ1n) is 13.0. The molecule has 0 saturated carbocycles. The van der Waals surface area contributed by atoms with Gasteiger partial charge in [-0.05, 0) is 54.1 Å². The van der Waals surface area contributed by atoms with E-state index in [-0.39, 0.29) is 27.6 Å². The standard InChI is InChI=1S/C32H23ClN4O6S/c1-42-25-17-19(15-16-24(25)43-32(41)28-27(33)22-12-6-8-14-26(22)44-28)18-34-37-31(40)30(39)36-23-13-7-5-11-21(23)29(38)35-20-9-3-2-4-10-20/h2-18H,1H3,(H,35,38)(H,36,39)(H,37,40)/b34-18+. The van der Waals surface area contributed by atoms with E-state index in [0.717, 1.165) is 10.1 Å². The van der Waals surface area contributed by atoms with Crippen LogP contribution < -0.4 is 25.5 Å². The number of carbonyl (C=O) groups is 4. The van der Waals surface area contributed by atoms with Gasteiger partial charge in [-0.3, -0.25) is 14.4 Å². The minimum Gasteiger partial charge on any atom is -0.493 e. The Morgan fingerprint density at radius 1 is 0.818 bits per heavy atom. The van der Waals surface area contributed by atoms with Crippen LogP contribution in [0, 0.1) is 0 Å². The second-order valence-corrected chi connectivity index (χ2v) is 10.5. The van der Waals surface area contributed by atoms with Crippen molar-refractivity contribution in [2.24, 2.45) is 5.10 Å². The lowest BCUT2D eigenvalue weighted by Crippen LogP contribution is -2.33. The molecule has 1 heterocycles. The van der Waals surface area contributed by atoms with E-state index < -0.39 is 23.7 Å². The molecule has 5 aromatic rings. The Morgan fingerprint density at radius 3 is 2.32 bits per heavy atom. The van der Waals surface area contributed by atoms with Crippen LogP contribution in [0.15, 0.2) is 102 Å². The first kappa shape index (κ1) is 30.0. The number of halogens is 1. The van der Waals surface area contributed by atoms with Crippen LogP contribution in [-0.2, 0) is 9.59 Å². The molecule has 0 radical (unpaired) electrons. The number of anilines is 2. The predicted octanol–water partition coefficient (Wildman–Crippen LogP) is 6.12. The van der Waals surface area contributed by atoms with Crippen molar-refractivity contribution in [2.75, 3.05) is 17.7 Å². The van der Waals surface area contributed by atoms with Crippen molar-refractivity contribution in [3.8, 4) is 11.5 Å². The number of methoxy groups -OCH3 is 1. The summed E-state index contributed by atoms with van der Waals surface area (Å²) in [5.74, 6) is -2.79. The lowest BCUT2D eigenvalue weighted by Gasteiger charge is -2.11. The smallest absolute Gasteiger partial charge is 0.355 e. The number of esters is 1. The highest BCUT2D eigenvalue weighted by Crippen LogP contribution is 2.37. The molecule has 1 aromatic heterocycles. The van der Waals surface area contributed by atoms with Gasteiger partial charge in [0.05, 0.1) is 29.6 Å². The summed E-state index contributed by atoms with van der Waals surface area (Å²) < 4.78 is 11.8. The van der Waals surface area contributed by atoms with Gasteiger partial charge in [0.15, 0.2) is 11.5 Å². The van der Waals surface area contributed by atoms with Gasteiger partial charge in [0, 0.05) is 15.8 Å². The first-order valence-corrected chi connectivity index (χ1v) is 14.2. The molecule has 0 atom stereocenters. The summed E-state index contributed by atoms with van der Waals surface area (Å²) in [7, 11) is 1.41. The number of thiophene rings is 1. The number of benzene rings is 4. The van der Waals surface area contributed by atoms with Crippen LogP contribution >= 0.6 is 22.9 Å². The molecule has 5 rings (SSSR count). The summed E-state index contributed by atoms with van der Waals surface area (Å²) in [6.45, 7) is 0. The topological polar surface area (TPSA) is 135 Å². The molecule has 0 aliphatic heterocycles. The van der Waals surface area contributed by atoms with Crippen molar-refractivity contribution in [3.05, 3.63) is 118 Å². The van der Waals surface area contributed by atoms with Gasteiger partial charge in [0.2, 0.25) is 0 Å². The van der Waals surface area contributed by atoms with E-state index in [0.29, 0.717) is 16.3 Å². The van der Waals surface area contributed by atoms with Gasteiger partial charge in [-0.15, -0.1) is 11.3 Å². The summed E-state index contributed by atoms with van der Waals surface area (Å²) in [5, 5.41) is 10.1. The Morgan fingerprint density at radius 2 is 1.55 bits per heavy atom. The summed E-state index contributed by atoms with van der Waals surface area (Å²) in [5.41, 5.74) is 3.52. The second-order valence-electron chi connectivity index (χ2n) is 9.06. The van der Waals surface area contributed by atoms with Crippen molar-refractivity contribution < 1.29 is 28.7 Å². The van der Waals surface area contributed by atoms with E-state index in [1.165, 1.54) is 48.9 Å². The molecule has 0 spiro atoms. The first-order chi connectivity index (χ1) is 21.3. The van der Waals surface area contributed by atoms with Crippen molar-refractivity contribution in [3.63, 3.8) is 0 Å². The number of fused-ring (bicyclic) bond motifs is 1. The van der Waals surface area contributed by atoms with E-state index in [9.17, 15) is 19.2 Å². The molecule has 0 bridgehead atoms. The van der Waals surface area contributed by atoms with Crippen molar-refractivity contribution >= 4 is 74.3 Å². The van der Waals surface area contributed by atoms with Crippen LogP contribution in [0.3, 0.4) is 0 Å². The van der Waals surface area contributed by atoms with Crippen LogP contribution in [0.2, 0.25) is 5.02 Å². The lowest BCUT2D eigenvalue weighted by atomic mass is 10.1. The van der Waals surface area contributed by atoms with Gasteiger partial charge in [-0.2, -0.15) is 5.10 Å². The fraction of sp³-hybridized carbons (Fsp3) is 0.0312. The van der Waals surface area contributed by atoms with Gasteiger partial charge in [0.25, 0.3) is 5.91 Å². The maximum absolute atomic E-state index is 12.9. The number of nitrogens with one attached hydrogen (secondary N) is 3. The van der Waals surface area contributed by atoms with Crippen LogP contribution in [0.25, 0.3) is 10.1 Å². The number of hydrogen-bond donors (Lipinski definition) is 3. The quantitative estimate of drug-likeness (QED) is 0.0624. The minimum absolute atomic E-state index is 0.150. The molecule has 3 amide bonds. The number of amides is 3. The monoisotopic (exact) mass is 626 g/mol. The Balaban J connectivity index is 1.20. The molecular weight excluding hydrogens is 604 g/mol. The number of carbonyl (C=O) groups excluding carboxylic acids is 4. The SMILES string of the molecule is COc1cc(/C=N/NC(=O)C(=O)Nc2ccccc2C(=O)Nc2ccccc2)ccc1OC(=O)c1sc2ccccc2c1Cl. The zero-order chi connectivity index (χ0) is 31.1. The molecule has 220 valence electrons. The third kappa shape index (κ3) is 6.92. The molecule has 44 heavy (non-hydrogen) atoms. The maximum atomic E-state index is 12.9. The zero-order valence-electron chi connectivity index (χ0n) is 23.0. The minimum atomic E-state index is -1.06. The number of para-hydroxylation sites is 2. The molecule has 10 nitrogen and oxygen atoms in total. The van der Waals surface area contributed by atoms with Crippen molar-refractivity contribution in [1.29, 1.82) is 0 Å². The second kappa shape index (κ2) is 13.6. The average molecular weight is 627 g/mol. The third-order valence-electron chi connectivity index (χ3n) is 6.15. The fourth-order valence-electron chi connectivity index (χ4n) is 4.05. The average Bonchev–Trinajstić information content (AvgIpc) is 3.38. The van der Waals surface area contributed by atoms with E-state index in [1.54, 1.807) is 42.5 Å². The molecule has 0 aliphatic carbocycles. The van der Waals surface area contributed by atoms with E-state index in [2.05, 4.69) is 21.2 Å². The Labute approximate surface area is 260 Å². The van der Waals surface area contributed by atoms with Gasteiger partial charge in [-0.1, -0.05) is 60.1 Å². The Bertz CT molecular complexity index is 1910.